The first-order chi connectivity index (χ1) is 6.22. The van der Waals surface area contributed by atoms with Gasteiger partial charge in [0.05, 0.1) is 0 Å². The van der Waals surface area contributed by atoms with E-state index in [2.05, 4.69) is 13.8 Å². The van der Waals surface area contributed by atoms with Gasteiger partial charge in [-0.3, -0.25) is 0 Å². The fraction of sp³-hybridized carbons (Fsp3) is 0.900. The van der Waals surface area contributed by atoms with Gasteiger partial charge in [0, 0.05) is 0 Å². The second-order valence-corrected chi connectivity index (χ2v) is 7.59. The van der Waals surface area contributed by atoms with Crippen LogP contribution in [0.1, 0.15) is 40.0 Å². The van der Waals surface area contributed by atoms with Gasteiger partial charge in [-0.05, 0) is 0 Å². The predicted molar refractivity (Wildman–Crippen MR) is 56.1 cm³/mol. The van der Waals surface area contributed by atoms with Crippen molar-refractivity contribution in [2.45, 2.75) is 48.5 Å². The summed E-state index contributed by atoms with van der Waals surface area (Å²) in [7, 11) is 0. The Kier molecular flexibility index (Phi) is 9.02. The molecule has 0 N–H and O–H groups in total. The molecule has 0 saturated heterocycles. The Labute approximate surface area is 91.5 Å². The summed E-state index contributed by atoms with van der Waals surface area (Å²) < 4.78 is 6.53. The van der Waals surface area contributed by atoms with Gasteiger partial charge in [0.15, 0.2) is 0 Å². The molecule has 0 aromatic carbocycles. The number of esters is 1. The molecule has 0 spiro atoms. The van der Waals surface area contributed by atoms with Crippen molar-refractivity contribution >= 4 is 26.9 Å². The van der Waals surface area contributed by atoms with Crippen molar-refractivity contribution in [3.05, 3.63) is 0 Å². The van der Waals surface area contributed by atoms with Crippen molar-refractivity contribution in [2.75, 3.05) is 6.61 Å². The summed E-state index contributed by atoms with van der Waals surface area (Å²) in [5.74, 6) is 0.0281. The number of rotatable bonds is 7. The minimum absolute atomic E-state index is 0.0281. The molecule has 2 nitrogen and oxygen atoms in total. The number of hydrogen-bond donors (Lipinski definition) is 0. The molecule has 0 aromatic heterocycles. The second-order valence-electron chi connectivity index (χ2n) is 2.97. The molecule has 0 fully saturated rings. The van der Waals surface area contributed by atoms with Gasteiger partial charge >= 0.3 is 91.5 Å². The molecule has 1 atom stereocenters. The van der Waals surface area contributed by atoms with Gasteiger partial charge in [0.25, 0.3) is 0 Å². The van der Waals surface area contributed by atoms with Crippen molar-refractivity contribution in [2.24, 2.45) is 0 Å². The second kappa shape index (κ2) is 8.84. The van der Waals surface area contributed by atoms with Gasteiger partial charge in [-0.15, -0.1) is 0 Å². The van der Waals surface area contributed by atoms with E-state index in [1.54, 1.807) is 0 Å². The summed E-state index contributed by atoms with van der Waals surface area (Å²) in [6, 6.07) is 0. The third-order valence-electron chi connectivity index (χ3n) is 1.74. The molecule has 0 aliphatic heterocycles. The number of unbranched alkanes of at least 4 members (excludes halogenated alkanes) is 2. The molecule has 0 aliphatic rings. The Morgan fingerprint density at radius 1 is 1.38 bits per heavy atom. The van der Waals surface area contributed by atoms with Crippen LogP contribution in [0.5, 0.6) is 0 Å². The van der Waals surface area contributed by atoms with E-state index in [9.17, 15) is 4.79 Å². The number of hydrogen-bond acceptors (Lipinski definition) is 2. The van der Waals surface area contributed by atoms with E-state index in [0.717, 1.165) is 12.8 Å². The van der Waals surface area contributed by atoms with Crippen LogP contribution in [0.25, 0.3) is 0 Å². The van der Waals surface area contributed by atoms with Crippen LogP contribution in [0, 0.1) is 0 Å². The SMILES string of the molecule is CCCCCOC(=O)C(C)[Te]CC. The molecule has 0 saturated carbocycles. The fourth-order valence-electron chi connectivity index (χ4n) is 0.960. The molecule has 0 aliphatic carbocycles. The summed E-state index contributed by atoms with van der Waals surface area (Å²) >= 11 is -0.142. The van der Waals surface area contributed by atoms with Crippen molar-refractivity contribution in [1.29, 1.82) is 0 Å². The molecule has 78 valence electrons. The molecule has 13 heavy (non-hydrogen) atoms. The first-order valence-electron chi connectivity index (χ1n) is 5.00. The Hall–Kier alpha value is 0.260. The van der Waals surface area contributed by atoms with Gasteiger partial charge < -0.3 is 0 Å². The van der Waals surface area contributed by atoms with Gasteiger partial charge in [-0.25, -0.2) is 0 Å². The number of carbonyl (C=O) groups excluding carboxylic acids is 1. The van der Waals surface area contributed by atoms with Gasteiger partial charge in [-0.1, -0.05) is 0 Å². The molecule has 3 heteroatoms. The Bertz CT molecular complexity index is 137. The first kappa shape index (κ1) is 13.3. The Morgan fingerprint density at radius 3 is 2.62 bits per heavy atom. The first-order valence-corrected chi connectivity index (χ1v) is 7.99. The van der Waals surface area contributed by atoms with Crippen molar-refractivity contribution in [3.8, 4) is 0 Å². The number of carbonyl (C=O) groups is 1. The Morgan fingerprint density at radius 2 is 2.08 bits per heavy atom. The average Bonchev–Trinajstić information content (AvgIpc) is 2.12. The molecule has 0 aromatic rings. The molecule has 0 rings (SSSR count). The molecular weight excluding hydrogens is 280 g/mol. The van der Waals surface area contributed by atoms with E-state index in [1.165, 1.54) is 10.9 Å². The van der Waals surface area contributed by atoms with Crippen LogP contribution < -0.4 is 0 Å². The van der Waals surface area contributed by atoms with Crippen molar-refractivity contribution in [1.82, 2.24) is 0 Å². The van der Waals surface area contributed by atoms with E-state index in [1.807, 2.05) is 6.92 Å². The predicted octanol–water partition coefficient (Wildman–Crippen LogP) is 2.67. The van der Waals surface area contributed by atoms with Crippen LogP contribution in [0.2, 0.25) is 8.43 Å². The molecule has 1 unspecified atom stereocenters. The number of ether oxygens (including phenoxy) is 1. The van der Waals surface area contributed by atoms with E-state index in [0.29, 0.717) is 6.61 Å². The zero-order valence-electron chi connectivity index (χ0n) is 8.84. The Balaban J connectivity index is 3.38. The third kappa shape index (κ3) is 7.34. The quantitative estimate of drug-likeness (QED) is 0.410. The summed E-state index contributed by atoms with van der Waals surface area (Å²) in [4.78, 5) is 11.3. The van der Waals surface area contributed by atoms with Crippen LogP contribution in [0.3, 0.4) is 0 Å². The fourth-order valence-corrected chi connectivity index (χ4v) is 2.97. The van der Waals surface area contributed by atoms with Crippen molar-refractivity contribution < 1.29 is 9.53 Å². The maximum absolute atomic E-state index is 11.3. The molecule has 0 amide bonds. The van der Waals surface area contributed by atoms with Crippen molar-refractivity contribution in [3.63, 3.8) is 0 Å². The van der Waals surface area contributed by atoms with E-state index >= 15 is 0 Å². The molecule has 0 heterocycles. The van der Waals surface area contributed by atoms with Gasteiger partial charge in [0.2, 0.25) is 0 Å². The van der Waals surface area contributed by atoms with E-state index in [-0.39, 0.29) is 30.9 Å². The van der Waals surface area contributed by atoms with Gasteiger partial charge in [-0.2, -0.15) is 0 Å². The molecule has 0 bridgehead atoms. The summed E-state index contributed by atoms with van der Waals surface area (Å²) in [5.41, 5.74) is 0. The zero-order chi connectivity index (χ0) is 10.1. The molecular formula is C10H20O2Te. The average molecular weight is 300 g/mol. The van der Waals surface area contributed by atoms with E-state index < -0.39 is 0 Å². The van der Waals surface area contributed by atoms with Crippen LogP contribution in [0.4, 0.5) is 0 Å². The van der Waals surface area contributed by atoms with Crippen LogP contribution >= 0.6 is 0 Å². The summed E-state index contributed by atoms with van der Waals surface area (Å²) in [5, 5.41) is 0. The standard InChI is InChI=1S/C10H20O2Te/c1-4-6-7-8-12-10(11)9(3)13-5-2/h9H,4-8H2,1-3H3. The van der Waals surface area contributed by atoms with Crippen LogP contribution in [-0.2, 0) is 9.53 Å². The molecule has 0 radical (unpaired) electrons. The van der Waals surface area contributed by atoms with Crippen LogP contribution in [0.15, 0.2) is 0 Å². The minimum atomic E-state index is -0.142. The zero-order valence-corrected chi connectivity index (χ0v) is 11.2. The van der Waals surface area contributed by atoms with Crippen LogP contribution in [-0.4, -0.2) is 33.5 Å². The summed E-state index contributed by atoms with van der Waals surface area (Å²) in [6.45, 7) is 6.90. The normalized spacial score (nSPS) is 12.5. The maximum atomic E-state index is 11.3. The van der Waals surface area contributed by atoms with E-state index in [4.69, 9.17) is 4.74 Å². The monoisotopic (exact) mass is 302 g/mol. The van der Waals surface area contributed by atoms with Gasteiger partial charge in [0.1, 0.15) is 0 Å². The third-order valence-corrected chi connectivity index (χ3v) is 4.67. The summed E-state index contributed by atoms with van der Waals surface area (Å²) in [6.07, 6.45) is 3.35. The topological polar surface area (TPSA) is 26.3 Å².